The molecule has 0 aromatic heterocycles. The summed E-state index contributed by atoms with van der Waals surface area (Å²) in [5, 5.41) is 12.4. The number of carboxylic acids is 1. The van der Waals surface area contributed by atoms with Crippen molar-refractivity contribution in [3.63, 3.8) is 0 Å². The fourth-order valence-corrected chi connectivity index (χ4v) is 3.06. The monoisotopic (exact) mass is 307 g/mol. The Labute approximate surface area is 129 Å². The molecule has 1 aromatic rings. The molecule has 2 aliphatic rings. The number of methoxy groups -OCH3 is 1. The van der Waals surface area contributed by atoms with E-state index in [0.29, 0.717) is 31.1 Å². The topological polar surface area (TPSA) is 77.0 Å². The minimum absolute atomic E-state index is 0.0283. The summed E-state index contributed by atoms with van der Waals surface area (Å²) in [6, 6.07) is 5.72. The van der Waals surface area contributed by atoms with Crippen LogP contribution in [0.25, 0.3) is 0 Å². The molecular formula is C16H21NO5. The molecule has 6 nitrogen and oxygen atoms in total. The van der Waals surface area contributed by atoms with Crippen LogP contribution in [0.2, 0.25) is 0 Å². The molecule has 0 bridgehead atoms. The van der Waals surface area contributed by atoms with Gasteiger partial charge in [-0.25, -0.2) is 0 Å². The van der Waals surface area contributed by atoms with E-state index in [2.05, 4.69) is 5.32 Å². The summed E-state index contributed by atoms with van der Waals surface area (Å²) in [6.45, 7) is 1.79. The van der Waals surface area contributed by atoms with Crippen LogP contribution in [-0.2, 0) is 9.53 Å². The van der Waals surface area contributed by atoms with Gasteiger partial charge in [-0.1, -0.05) is 12.1 Å². The van der Waals surface area contributed by atoms with Crippen LogP contribution in [0.15, 0.2) is 18.2 Å². The number of aliphatic carboxylic acids is 1. The first-order valence-corrected chi connectivity index (χ1v) is 7.56. The minimum Gasteiger partial charge on any atom is -0.493 e. The Morgan fingerprint density at radius 1 is 1.45 bits per heavy atom. The Balaban J connectivity index is 1.80. The van der Waals surface area contributed by atoms with Gasteiger partial charge in [0.05, 0.1) is 26.2 Å². The lowest BCUT2D eigenvalue weighted by Gasteiger charge is -2.20. The smallest absolute Gasteiger partial charge is 0.307 e. The maximum atomic E-state index is 11.1. The highest BCUT2D eigenvalue weighted by Gasteiger charge is 2.32. The highest BCUT2D eigenvalue weighted by molar-refractivity contribution is 5.71. The molecule has 2 heterocycles. The van der Waals surface area contributed by atoms with Gasteiger partial charge < -0.3 is 24.6 Å². The molecule has 2 saturated heterocycles. The third kappa shape index (κ3) is 3.03. The third-order valence-electron chi connectivity index (χ3n) is 4.25. The third-order valence-corrected chi connectivity index (χ3v) is 4.25. The van der Waals surface area contributed by atoms with Gasteiger partial charge in [0.1, 0.15) is 6.10 Å². The van der Waals surface area contributed by atoms with E-state index in [4.69, 9.17) is 19.3 Å². The van der Waals surface area contributed by atoms with E-state index in [0.717, 1.165) is 18.6 Å². The zero-order chi connectivity index (χ0) is 15.5. The Kier molecular flexibility index (Phi) is 4.49. The second-order valence-corrected chi connectivity index (χ2v) is 5.71. The molecule has 3 atom stereocenters. The van der Waals surface area contributed by atoms with Gasteiger partial charge in [0.15, 0.2) is 11.5 Å². The number of carboxylic acid groups (broad SMARTS) is 1. The van der Waals surface area contributed by atoms with Crippen molar-refractivity contribution in [2.45, 2.75) is 25.0 Å². The summed E-state index contributed by atoms with van der Waals surface area (Å²) in [4.78, 5) is 11.1. The molecule has 3 unspecified atom stereocenters. The molecule has 2 fully saturated rings. The summed E-state index contributed by atoms with van der Waals surface area (Å²) in [5.41, 5.74) is 0.947. The van der Waals surface area contributed by atoms with Crippen LogP contribution in [0.1, 0.15) is 24.4 Å². The van der Waals surface area contributed by atoms with Gasteiger partial charge in [-0.3, -0.25) is 4.79 Å². The number of nitrogens with one attached hydrogen (secondary N) is 1. The lowest BCUT2D eigenvalue weighted by molar-refractivity contribution is -0.141. The van der Waals surface area contributed by atoms with Crippen molar-refractivity contribution in [2.75, 3.05) is 26.9 Å². The molecule has 0 saturated carbocycles. The molecule has 3 rings (SSSR count). The Morgan fingerprint density at radius 3 is 2.95 bits per heavy atom. The first-order valence-electron chi connectivity index (χ1n) is 7.56. The molecule has 0 spiro atoms. The largest absolute Gasteiger partial charge is 0.493 e. The normalized spacial score (nSPS) is 27.8. The van der Waals surface area contributed by atoms with Gasteiger partial charge in [0.2, 0.25) is 0 Å². The van der Waals surface area contributed by atoms with Gasteiger partial charge in [-0.15, -0.1) is 0 Å². The zero-order valence-corrected chi connectivity index (χ0v) is 12.6. The molecular weight excluding hydrogens is 286 g/mol. The van der Waals surface area contributed by atoms with Gasteiger partial charge in [-0.05, 0) is 12.5 Å². The molecule has 6 heteroatoms. The molecule has 0 amide bonds. The maximum absolute atomic E-state index is 11.1. The predicted molar refractivity (Wildman–Crippen MR) is 79.3 cm³/mol. The molecule has 1 aromatic carbocycles. The van der Waals surface area contributed by atoms with Crippen LogP contribution in [0.3, 0.4) is 0 Å². The van der Waals surface area contributed by atoms with Crippen molar-refractivity contribution in [1.82, 2.24) is 5.32 Å². The van der Waals surface area contributed by atoms with Crippen LogP contribution in [0.4, 0.5) is 0 Å². The summed E-state index contributed by atoms with van der Waals surface area (Å²) in [5.74, 6) is 0.251. The minimum atomic E-state index is -0.760. The van der Waals surface area contributed by atoms with Crippen molar-refractivity contribution in [3.8, 4) is 11.5 Å². The summed E-state index contributed by atoms with van der Waals surface area (Å²) in [6.07, 6.45) is 1.48. The van der Waals surface area contributed by atoms with Crippen LogP contribution in [0.5, 0.6) is 11.5 Å². The fraction of sp³-hybridized carbons (Fsp3) is 0.562. The molecule has 0 radical (unpaired) electrons. The molecule has 0 aliphatic carbocycles. The van der Waals surface area contributed by atoms with Gasteiger partial charge in [0, 0.05) is 24.6 Å². The second-order valence-electron chi connectivity index (χ2n) is 5.71. The maximum Gasteiger partial charge on any atom is 0.307 e. The predicted octanol–water partition coefficient (Wildman–Crippen LogP) is 1.60. The molecule has 22 heavy (non-hydrogen) atoms. The average molecular weight is 307 g/mol. The highest BCUT2D eigenvalue weighted by atomic mass is 16.6. The van der Waals surface area contributed by atoms with E-state index in [9.17, 15) is 4.79 Å². The van der Waals surface area contributed by atoms with Gasteiger partial charge >= 0.3 is 5.97 Å². The summed E-state index contributed by atoms with van der Waals surface area (Å²) in [7, 11) is 1.61. The van der Waals surface area contributed by atoms with E-state index in [1.807, 2.05) is 18.2 Å². The van der Waals surface area contributed by atoms with E-state index >= 15 is 0 Å². The Bertz CT molecular complexity index is 541. The van der Waals surface area contributed by atoms with Gasteiger partial charge in [0.25, 0.3) is 0 Å². The van der Waals surface area contributed by atoms with E-state index < -0.39 is 5.97 Å². The highest BCUT2D eigenvalue weighted by Crippen LogP contribution is 2.39. The average Bonchev–Trinajstić information content (AvgIpc) is 3.18. The lowest BCUT2D eigenvalue weighted by atomic mass is 9.99. The van der Waals surface area contributed by atoms with Crippen LogP contribution in [-0.4, -0.2) is 44.0 Å². The number of carbonyl (C=O) groups is 1. The lowest BCUT2D eigenvalue weighted by Crippen LogP contribution is -2.18. The number of benzene rings is 1. The summed E-state index contributed by atoms with van der Waals surface area (Å²) >= 11 is 0. The number of rotatable bonds is 5. The number of hydrogen-bond acceptors (Lipinski definition) is 5. The van der Waals surface area contributed by atoms with Crippen molar-refractivity contribution in [1.29, 1.82) is 0 Å². The van der Waals surface area contributed by atoms with Crippen molar-refractivity contribution < 1.29 is 24.1 Å². The number of para-hydroxylation sites is 1. The van der Waals surface area contributed by atoms with E-state index in [-0.39, 0.29) is 18.1 Å². The molecule has 2 aliphatic heterocycles. The van der Waals surface area contributed by atoms with Crippen LogP contribution in [0, 0.1) is 5.92 Å². The van der Waals surface area contributed by atoms with Crippen LogP contribution < -0.4 is 14.8 Å². The van der Waals surface area contributed by atoms with Crippen molar-refractivity contribution in [3.05, 3.63) is 23.8 Å². The van der Waals surface area contributed by atoms with E-state index in [1.54, 1.807) is 7.11 Å². The fourth-order valence-electron chi connectivity index (χ4n) is 3.06. The van der Waals surface area contributed by atoms with Crippen molar-refractivity contribution >= 4 is 5.97 Å². The standard InChI is InChI=1S/C16H21NO5/c1-20-15-12(13-7-10(8-17-13)16(18)19)3-2-4-14(15)22-11-5-6-21-9-11/h2-4,10-11,13,17H,5-9H2,1H3,(H,18,19). The Hall–Kier alpha value is -1.79. The first kappa shape index (κ1) is 15.1. The zero-order valence-electron chi connectivity index (χ0n) is 12.6. The quantitative estimate of drug-likeness (QED) is 0.860. The SMILES string of the molecule is COc1c(OC2CCOC2)cccc1C1CC(C(=O)O)CN1. The number of hydrogen-bond donors (Lipinski definition) is 2. The van der Waals surface area contributed by atoms with Crippen molar-refractivity contribution in [2.24, 2.45) is 5.92 Å². The first-order chi connectivity index (χ1) is 10.7. The summed E-state index contributed by atoms with van der Waals surface area (Å²) < 4.78 is 16.8. The second kappa shape index (κ2) is 6.54. The van der Waals surface area contributed by atoms with Crippen LogP contribution >= 0.6 is 0 Å². The number of ether oxygens (including phenoxy) is 3. The van der Waals surface area contributed by atoms with Gasteiger partial charge in [-0.2, -0.15) is 0 Å². The Morgan fingerprint density at radius 2 is 2.32 bits per heavy atom. The van der Waals surface area contributed by atoms with E-state index in [1.165, 1.54) is 0 Å². The molecule has 120 valence electrons. The molecule has 2 N–H and O–H groups in total.